The number of carbonyl (C=O) groups is 1. The molecule has 0 fully saturated rings. The van der Waals surface area contributed by atoms with Gasteiger partial charge in [0.1, 0.15) is 4.21 Å². The van der Waals surface area contributed by atoms with Gasteiger partial charge in [-0.05, 0) is 53.8 Å². The average molecular weight is 497 g/mol. The topological polar surface area (TPSA) is 94.0 Å². The number of anilines is 3. The molecule has 9 heteroatoms. The predicted molar refractivity (Wildman–Crippen MR) is 140 cm³/mol. The quantitative estimate of drug-likeness (QED) is 0.378. The lowest BCUT2D eigenvalue weighted by molar-refractivity contribution is -0.111. The van der Waals surface area contributed by atoms with Crippen molar-refractivity contribution < 1.29 is 9.00 Å². The molecule has 170 valence electrons. The fourth-order valence-electron chi connectivity index (χ4n) is 3.09. The molecule has 0 saturated heterocycles. The molecule has 2 heterocycles. The number of nitrogens with one attached hydrogen (secondary N) is 3. The number of thioether (sulfide) groups is 1. The first-order valence-corrected chi connectivity index (χ1v) is 13.1. The number of para-hydroxylation sites is 1. The van der Waals surface area contributed by atoms with Gasteiger partial charge in [-0.25, -0.2) is 4.21 Å². The van der Waals surface area contributed by atoms with Crippen molar-refractivity contribution in [3.8, 4) is 6.07 Å². The minimum atomic E-state index is -1.27. The normalized spacial score (nSPS) is 16.6. The number of thiophene rings is 1. The predicted octanol–water partition coefficient (Wildman–Crippen LogP) is 5.98. The van der Waals surface area contributed by atoms with Crippen molar-refractivity contribution >= 4 is 57.1 Å². The molecule has 0 spiro atoms. The number of fused-ring (bicyclic) bond motifs is 1. The average Bonchev–Trinajstić information content (AvgIpc) is 3.27. The van der Waals surface area contributed by atoms with E-state index in [1.54, 1.807) is 23.9 Å². The Labute approximate surface area is 204 Å². The lowest BCUT2D eigenvalue weighted by Crippen LogP contribution is -2.10. The molecule has 1 amide bonds. The van der Waals surface area contributed by atoms with Gasteiger partial charge >= 0.3 is 0 Å². The van der Waals surface area contributed by atoms with Gasteiger partial charge in [0.2, 0.25) is 0 Å². The molecule has 0 aliphatic carbocycles. The molecular weight excluding hydrogens is 472 g/mol. The van der Waals surface area contributed by atoms with Crippen LogP contribution in [0, 0.1) is 11.3 Å². The van der Waals surface area contributed by atoms with Gasteiger partial charge in [-0.2, -0.15) is 5.26 Å². The Bertz CT molecular complexity index is 1170. The van der Waals surface area contributed by atoms with Crippen LogP contribution in [0.25, 0.3) is 0 Å². The summed E-state index contributed by atoms with van der Waals surface area (Å²) in [7, 11) is -1.27. The van der Waals surface area contributed by atoms with Crippen LogP contribution >= 0.6 is 23.1 Å². The second kappa shape index (κ2) is 12.3. The highest BCUT2D eigenvalue weighted by Gasteiger charge is 2.18. The molecule has 1 aliphatic heterocycles. The minimum Gasteiger partial charge on any atom is -0.350 e. The van der Waals surface area contributed by atoms with Crippen LogP contribution in [0.4, 0.5) is 17.1 Å². The summed E-state index contributed by atoms with van der Waals surface area (Å²) < 4.78 is 16.3. The Morgan fingerprint density at radius 3 is 2.64 bits per heavy atom. The molecule has 3 aromatic rings. The van der Waals surface area contributed by atoms with E-state index in [1.165, 1.54) is 18.3 Å². The van der Waals surface area contributed by atoms with E-state index in [-0.39, 0.29) is 11.2 Å². The Kier molecular flexibility index (Phi) is 9.13. The fraction of sp³-hybridized carbons (Fsp3) is 0.167. The number of hydrogen-bond acceptors (Lipinski definition) is 6. The third kappa shape index (κ3) is 7.49. The Morgan fingerprint density at radius 2 is 1.94 bits per heavy atom. The van der Waals surface area contributed by atoms with Crippen molar-refractivity contribution in [1.82, 2.24) is 0 Å². The van der Waals surface area contributed by atoms with E-state index >= 15 is 0 Å². The monoisotopic (exact) mass is 496 g/mol. The van der Waals surface area contributed by atoms with Gasteiger partial charge < -0.3 is 15.4 Å². The number of amides is 1. The van der Waals surface area contributed by atoms with Crippen LogP contribution in [0.1, 0.15) is 19.4 Å². The molecular formula is C24H24N4O2S3. The maximum atomic E-state index is 12.4. The lowest BCUT2D eigenvalue weighted by atomic mass is 10.1. The van der Waals surface area contributed by atoms with Crippen molar-refractivity contribution in [2.75, 3.05) is 15.4 Å². The van der Waals surface area contributed by atoms with E-state index in [0.29, 0.717) is 0 Å². The molecule has 3 N–H and O–H groups in total. The van der Waals surface area contributed by atoms with E-state index in [9.17, 15) is 9.00 Å². The van der Waals surface area contributed by atoms with Gasteiger partial charge in [0, 0.05) is 35.3 Å². The van der Waals surface area contributed by atoms with Crippen LogP contribution in [0.15, 0.2) is 81.4 Å². The molecule has 0 radical (unpaired) electrons. The summed E-state index contributed by atoms with van der Waals surface area (Å²) in [5, 5.41) is 16.6. The van der Waals surface area contributed by atoms with E-state index < -0.39 is 11.0 Å². The molecule has 2 unspecified atom stereocenters. The van der Waals surface area contributed by atoms with Crippen LogP contribution in [-0.4, -0.2) is 15.4 Å². The molecule has 2 aromatic carbocycles. The second-order valence-corrected chi connectivity index (χ2v) is 10.9. The van der Waals surface area contributed by atoms with E-state index in [1.807, 2.05) is 66.0 Å². The zero-order chi connectivity index (χ0) is 23.6. The summed E-state index contributed by atoms with van der Waals surface area (Å²) in [6.45, 7) is 3.56. The highest BCUT2D eigenvalue weighted by atomic mass is 32.2. The van der Waals surface area contributed by atoms with Crippen LogP contribution in [0.3, 0.4) is 0 Å². The third-order valence-electron chi connectivity index (χ3n) is 4.39. The number of hydrogen-bond donors (Lipinski definition) is 3. The van der Waals surface area contributed by atoms with Gasteiger partial charge in [-0.3, -0.25) is 4.79 Å². The van der Waals surface area contributed by atoms with Gasteiger partial charge in [0.05, 0.1) is 11.1 Å². The molecule has 1 aromatic heterocycles. The summed E-state index contributed by atoms with van der Waals surface area (Å²) >= 11 is 3.10. The summed E-state index contributed by atoms with van der Waals surface area (Å²) in [4.78, 5) is 12.4. The van der Waals surface area contributed by atoms with Gasteiger partial charge in [0.15, 0.2) is 11.0 Å². The zero-order valence-corrected chi connectivity index (χ0v) is 20.7. The van der Waals surface area contributed by atoms with Crippen molar-refractivity contribution in [2.45, 2.75) is 29.7 Å². The zero-order valence-electron chi connectivity index (χ0n) is 18.2. The standard InChI is InChI=1S/C22H21N3O2S3.C2H3N/c1-15-12-16-13-18(25-30(27)22-8-5-11-28-22)9-10-19(16)24-21(29-15)14-20(26)23-17-6-3-2-4-7-17;1-2-3/h2-11,13-15,24-25H,12H2,1H3,(H,23,26);1H3/b21-14-;. The SMILES string of the molecule is CC#N.CC1Cc2cc(NS(=O)c3cccs3)ccc2N/C(=C/C(=O)Nc2ccccc2)S1. The number of rotatable bonds is 5. The summed E-state index contributed by atoms with van der Waals surface area (Å²) in [5.41, 5.74) is 3.66. The maximum Gasteiger partial charge on any atom is 0.250 e. The minimum absolute atomic E-state index is 0.170. The molecule has 2 atom stereocenters. The number of nitrogens with zero attached hydrogens (tertiary/aromatic N) is 1. The first-order valence-electron chi connectivity index (χ1n) is 10.2. The highest BCUT2D eigenvalue weighted by Crippen LogP contribution is 2.35. The number of nitriles is 1. The lowest BCUT2D eigenvalue weighted by Gasteiger charge is -2.12. The van der Waals surface area contributed by atoms with Crippen molar-refractivity contribution in [2.24, 2.45) is 0 Å². The second-order valence-electron chi connectivity index (χ2n) is 7.02. The molecule has 0 saturated carbocycles. The van der Waals surface area contributed by atoms with E-state index in [4.69, 9.17) is 5.26 Å². The van der Waals surface area contributed by atoms with Gasteiger partial charge in [0.25, 0.3) is 5.91 Å². The van der Waals surface area contributed by atoms with Crippen LogP contribution < -0.4 is 15.4 Å². The van der Waals surface area contributed by atoms with Crippen LogP contribution in [0.2, 0.25) is 0 Å². The first-order chi connectivity index (χ1) is 16.0. The summed E-state index contributed by atoms with van der Waals surface area (Å²) in [5.74, 6) is -0.170. The summed E-state index contributed by atoms with van der Waals surface area (Å²) in [6.07, 6.45) is 2.44. The third-order valence-corrected chi connectivity index (χ3v) is 7.76. The largest absolute Gasteiger partial charge is 0.350 e. The molecule has 0 bridgehead atoms. The van der Waals surface area contributed by atoms with E-state index in [2.05, 4.69) is 22.3 Å². The van der Waals surface area contributed by atoms with Gasteiger partial charge in [-0.1, -0.05) is 31.2 Å². The van der Waals surface area contributed by atoms with Crippen LogP contribution in [0.5, 0.6) is 0 Å². The molecule has 6 nitrogen and oxygen atoms in total. The molecule has 33 heavy (non-hydrogen) atoms. The Balaban J connectivity index is 0.000000968. The van der Waals surface area contributed by atoms with Crippen LogP contribution in [-0.2, 0) is 22.2 Å². The Hall–Kier alpha value is -3.06. The number of carbonyl (C=O) groups excluding carboxylic acids is 1. The molecule has 4 rings (SSSR count). The first kappa shape index (κ1) is 24.6. The maximum absolute atomic E-state index is 12.4. The highest BCUT2D eigenvalue weighted by molar-refractivity contribution is 8.03. The van der Waals surface area contributed by atoms with Gasteiger partial charge in [-0.15, -0.1) is 23.1 Å². The Morgan fingerprint density at radius 1 is 1.18 bits per heavy atom. The molecule has 1 aliphatic rings. The number of benzene rings is 2. The van der Waals surface area contributed by atoms with Crippen molar-refractivity contribution in [1.29, 1.82) is 5.26 Å². The summed E-state index contributed by atoms with van der Waals surface area (Å²) in [6, 6.07) is 20.8. The van der Waals surface area contributed by atoms with E-state index in [0.717, 1.165) is 38.3 Å². The van der Waals surface area contributed by atoms with Crippen molar-refractivity contribution in [3.05, 3.63) is 82.7 Å². The smallest absolute Gasteiger partial charge is 0.250 e. The van der Waals surface area contributed by atoms with Crippen molar-refractivity contribution in [3.63, 3.8) is 0 Å². The fourth-order valence-corrected chi connectivity index (χ4v) is 5.87.